The smallest absolute Gasteiger partial charge is 0.159 e. The van der Waals surface area contributed by atoms with Gasteiger partial charge in [0, 0.05) is 23.6 Å². The third kappa shape index (κ3) is 4.19. The van der Waals surface area contributed by atoms with E-state index in [0.717, 1.165) is 44.8 Å². The van der Waals surface area contributed by atoms with Crippen LogP contribution in [0.1, 0.15) is 0 Å². The van der Waals surface area contributed by atoms with E-state index in [0.29, 0.717) is 5.82 Å². The van der Waals surface area contributed by atoms with Crippen LogP contribution in [0.4, 0.5) is 0 Å². The van der Waals surface area contributed by atoms with Gasteiger partial charge in [-0.1, -0.05) is 109 Å². The number of rotatable bonds is 4. The number of para-hydroxylation sites is 3. The molecule has 45 heavy (non-hydrogen) atoms. The summed E-state index contributed by atoms with van der Waals surface area (Å²) in [6, 6.07) is 51.2. The highest BCUT2D eigenvalue weighted by Crippen LogP contribution is 2.37. The third-order valence-corrected chi connectivity index (χ3v) is 8.68. The van der Waals surface area contributed by atoms with E-state index in [1.807, 2.05) is 48.8 Å². The first-order valence-corrected chi connectivity index (χ1v) is 15.1. The Morgan fingerprint density at radius 2 is 0.978 bits per heavy atom. The van der Waals surface area contributed by atoms with Crippen molar-refractivity contribution in [1.82, 2.24) is 19.5 Å². The second-order valence-electron chi connectivity index (χ2n) is 11.3. The van der Waals surface area contributed by atoms with Crippen molar-refractivity contribution in [1.29, 1.82) is 0 Å². The number of nitrogens with zero attached hydrogens (tertiary/aromatic N) is 4. The monoisotopic (exact) mass is 574 g/mol. The van der Waals surface area contributed by atoms with Crippen molar-refractivity contribution in [2.75, 3.05) is 0 Å². The largest absolute Gasteiger partial charge is 0.292 e. The molecular formula is C41H26N4. The van der Waals surface area contributed by atoms with Crippen LogP contribution in [0.2, 0.25) is 0 Å². The molecule has 0 aliphatic carbocycles. The quantitative estimate of drug-likeness (QED) is 0.196. The molecule has 0 aliphatic heterocycles. The van der Waals surface area contributed by atoms with Crippen LogP contribution in [-0.4, -0.2) is 19.5 Å². The zero-order chi connectivity index (χ0) is 29.7. The van der Waals surface area contributed by atoms with Crippen LogP contribution >= 0.6 is 0 Å². The minimum absolute atomic E-state index is 0.681. The van der Waals surface area contributed by atoms with E-state index in [-0.39, 0.29) is 0 Å². The number of imidazole rings is 1. The van der Waals surface area contributed by atoms with Gasteiger partial charge in [-0.3, -0.25) is 4.57 Å². The fourth-order valence-corrected chi connectivity index (χ4v) is 6.58. The van der Waals surface area contributed by atoms with Crippen LogP contribution in [0.15, 0.2) is 158 Å². The molecule has 9 rings (SSSR count). The Labute approximate surface area is 259 Å². The van der Waals surface area contributed by atoms with Crippen LogP contribution in [0.3, 0.4) is 0 Å². The average molecular weight is 575 g/mol. The Hall–Kier alpha value is -6.13. The first-order chi connectivity index (χ1) is 22.3. The predicted molar refractivity (Wildman–Crippen MR) is 185 cm³/mol. The number of hydrogen-bond acceptors (Lipinski definition) is 3. The summed E-state index contributed by atoms with van der Waals surface area (Å²) in [7, 11) is 0. The predicted octanol–water partition coefficient (Wildman–Crippen LogP) is 10.3. The Balaban J connectivity index is 1.12. The summed E-state index contributed by atoms with van der Waals surface area (Å²) in [6.07, 6.45) is 3.76. The first kappa shape index (κ1) is 25.4. The Morgan fingerprint density at radius 3 is 1.71 bits per heavy atom. The van der Waals surface area contributed by atoms with Crippen molar-refractivity contribution in [3.8, 4) is 39.6 Å². The molecule has 0 spiro atoms. The normalized spacial score (nSPS) is 11.6. The molecule has 0 saturated carbocycles. The summed E-state index contributed by atoms with van der Waals surface area (Å²) >= 11 is 0. The van der Waals surface area contributed by atoms with E-state index in [1.54, 1.807) is 0 Å². The number of fused-ring (bicyclic) bond motifs is 7. The van der Waals surface area contributed by atoms with Gasteiger partial charge in [-0.25, -0.2) is 15.0 Å². The lowest BCUT2D eigenvalue weighted by molar-refractivity contribution is 1.08. The Bertz CT molecular complexity index is 2490. The Morgan fingerprint density at radius 1 is 0.400 bits per heavy atom. The van der Waals surface area contributed by atoms with Gasteiger partial charge < -0.3 is 0 Å². The fraction of sp³-hybridized carbons (Fsp3) is 0. The van der Waals surface area contributed by atoms with Crippen molar-refractivity contribution in [2.24, 2.45) is 0 Å². The Kier molecular flexibility index (Phi) is 5.78. The van der Waals surface area contributed by atoms with Crippen LogP contribution < -0.4 is 0 Å². The molecule has 0 N–H and O–H groups in total. The van der Waals surface area contributed by atoms with E-state index >= 15 is 0 Å². The molecular weight excluding hydrogens is 548 g/mol. The van der Waals surface area contributed by atoms with Gasteiger partial charge in [0.2, 0.25) is 0 Å². The van der Waals surface area contributed by atoms with Crippen LogP contribution in [-0.2, 0) is 0 Å². The second kappa shape index (κ2) is 10.2. The summed E-state index contributed by atoms with van der Waals surface area (Å²) in [5, 5.41) is 7.64. The minimum atomic E-state index is 0.681. The molecule has 9 aromatic rings. The molecule has 0 radical (unpaired) electrons. The van der Waals surface area contributed by atoms with Gasteiger partial charge in [0.25, 0.3) is 0 Å². The van der Waals surface area contributed by atoms with Crippen molar-refractivity contribution in [3.63, 3.8) is 0 Å². The SMILES string of the molecule is c1ccc(-n2c(-c3cnc(-c4cccc(-c5ccc6c7ccccc7c7ccccc7c6c5)c4)nc3)nc3ccccc32)cc1. The average Bonchev–Trinajstić information content (AvgIpc) is 3.52. The van der Waals surface area contributed by atoms with Gasteiger partial charge in [0.1, 0.15) is 5.82 Å². The zero-order valence-electron chi connectivity index (χ0n) is 24.3. The number of hydrogen-bond donors (Lipinski definition) is 0. The van der Waals surface area contributed by atoms with Crippen LogP contribution in [0.5, 0.6) is 0 Å². The molecule has 0 fully saturated rings. The van der Waals surface area contributed by atoms with Crippen molar-refractivity contribution in [3.05, 3.63) is 158 Å². The number of aromatic nitrogens is 4. The molecule has 2 heterocycles. The zero-order valence-corrected chi connectivity index (χ0v) is 24.3. The minimum Gasteiger partial charge on any atom is -0.292 e. The molecule has 0 bridgehead atoms. The van der Waals surface area contributed by atoms with E-state index in [1.165, 1.54) is 32.3 Å². The maximum absolute atomic E-state index is 4.96. The highest BCUT2D eigenvalue weighted by Gasteiger charge is 2.16. The molecule has 4 heteroatoms. The van der Waals surface area contributed by atoms with Gasteiger partial charge in [-0.2, -0.15) is 0 Å². The highest BCUT2D eigenvalue weighted by molar-refractivity contribution is 6.25. The van der Waals surface area contributed by atoms with Gasteiger partial charge in [-0.05, 0) is 79.8 Å². The van der Waals surface area contributed by atoms with Gasteiger partial charge in [0.15, 0.2) is 5.82 Å². The van der Waals surface area contributed by atoms with Crippen molar-refractivity contribution in [2.45, 2.75) is 0 Å². The summed E-state index contributed by atoms with van der Waals surface area (Å²) in [4.78, 5) is 14.6. The molecule has 210 valence electrons. The molecule has 0 unspecified atom stereocenters. The van der Waals surface area contributed by atoms with Crippen molar-refractivity contribution < 1.29 is 0 Å². The van der Waals surface area contributed by atoms with Crippen LogP contribution in [0, 0.1) is 0 Å². The standard InChI is InChI=1S/C41H26N4/c1-2-13-31(14-3-1)45-39-20-9-8-19-38(39)44-41(45)30-25-42-40(43-26-30)29-12-10-11-27(23-29)28-21-22-36-34-17-5-4-15-32(34)33-16-6-7-18-35(33)37(36)24-28/h1-26H. The summed E-state index contributed by atoms with van der Waals surface area (Å²) < 4.78 is 2.17. The molecule has 0 atom stereocenters. The van der Waals surface area contributed by atoms with E-state index in [9.17, 15) is 0 Å². The van der Waals surface area contributed by atoms with E-state index < -0.39 is 0 Å². The molecule has 0 saturated heterocycles. The fourth-order valence-electron chi connectivity index (χ4n) is 6.58. The molecule has 4 nitrogen and oxygen atoms in total. The summed E-state index contributed by atoms with van der Waals surface area (Å²) in [5.41, 5.74) is 7.16. The summed E-state index contributed by atoms with van der Waals surface area (Å²) in [5.74, 6) is 1.50. The highest BCUT2D eigenvalue weighted by atomic mass is 15.1. The maximum atomic E-state index is 4.96. The van der Waals surface area contributed by atoms with Crippen molar-refractivity contribution >= 4 is 43.4 Å². The molecule has 2 aromatic heterocycles. The van der Waals surface area contributed by atoms with Gasteiger partial charge in [0.05, 0.1) is 16.6 Å². The van der Waals surface area contributed by atoms with Gasteiger partial charge in [-0.15, -0.1) is 0 Å². The molecule has 0 aliphatic rings. The lowest BCUT2D eigenvalue weighted by atomic mass is 9.92. The van der Waals surface area contributed by atoms with E-state index in [4.69, 9.17) is 15.0 Å². The first-order valence-electron chi connectivity index (χ1n) is 15.1. The van der Waals surface area contributed by atoms with E-state index in [2.05, 4.69) is 114 Å². The topological polar surface area (TPSA) is 43.6 Å². The third-order valence-electron chi connectivity index (χ3n) is 8.68. The second-order valence-corrected chi connectivity index (χ2v) is 11.3. The van der Waals surface area contributed by atoms with Gasteiger partial charge >= 0.3 is 0 Å². The maximum Gasteiger partial charge on any atom is 0.159 e. The summed E-state index contributed by atoms with van der Waals surface area (Å²) in [6.45, 7) is 0. The molecule has 7 aromatic carbocycles. The number of benzene rings is 7. The lowest BCUT2D eigenvalue weighted by Gasteiger charge is -2.12. The lowest BCUT2D eigenvalue weighted by Crippen LogP contribution is -1.99. The van der Waals surface area contributed by atoms with Crippen LogP contribution in [0.25, 0.3) is 82.9 Å². The molecule has 0 amide bonds.